The van der Waals surface area contributed by atoms with Gasteiger partial charge in [0.15, 0.2) is 0 Å². The van der Waals surface area contributed by atoms with Gasteiger partial charge in [-0.25, -0.2) is 0 Å². The summed E-state index contributed by atoms with van der Waals surface area (Å²) in [6.45, 7) is 0.375. The number of hydrogen-bond donors (Lipinski definition) is 1. The number of allylic oxidation sites excluding steroid dienone is 2. The SMILES string of the molecule is COCO[C@@H]1[C@H](OCOC)[C@@H](O)C2C([C@@H]3C=C[C@H]2C3)[C@H]1OCOC. The maximum Gasteiger partial charge on any atom is 0.146 e. The van der Waals surface area contributed by atoms with Crippen LogP contribution in [0.15, 0.2) is 12.2 Å². The number of fused-ring (bicyclic) bond motifs is 5. The summed E-state index contributed by atoms with van der Waals surface area (Å²) in [7, 11) is 4.72. The molecule has 7 nitrogen and oxygen atoms in total. The first-order valence-electron chi connectivity index (χ1n) is 8.41. The van der Waals surface area contributed by atoms with E-state index in [9.17, 15) is 5.11 Å². The van der Waals surface area contributed by atoms with Crippen LogP contribution < -0.4 is 0 Å². The molecular formula is C17H28O7. The van der Waals surface area contributed by atoms with Gasteiger partial charge in [-0.15, -0.1) is 0 Å². The fourth-order valence-electron chi connectivity index (χ4n) is 4.69. The summed E-state index contributed by atoms with van der Waals surface area (Å²) in [6, 6.07) is 0. The molecular weight excluding hydrogens is 316 g/mol. The van der Waals surface area contributed by atoms with Gasteiger partial charge in [0.05, 0.1) is 12.2 Å². The maximum atomic E-state index is 11.0. The highest BCUT2D eigenvalue weighted by molar-refractivity contribution is 5.20. The van der Waals surface area contributed by atoms with Crippen molar-refractivity contribution in [3.05, 3.63) is 12.2 Å². The Bertz CT molecular complexity index is 429. The number of hydrogen-bond acceptors (Lipinski definition) is 7. The minimum absolute atomic E-state index is 0.0902. The first-order chi connectivity index (χ1) is 11.7. The number of rotatable bonds is 9. The van der Waals surface area contributed by atoms with Crippen LogP contribution in [0.5, 0.6) is 0 Å². The molecule has 0 aliphatic heterocycles. The van der Waals surface area contributed by atoms with E-state index in [2.05, 4.69) is 12.2 Å². The molecule has 0 radical (unpaired) electrons. The predicted molar refractivity (Wildman–Crippen MR) is 84.0 cm³/mol. The van der Waals surface area contributed by atoms with E-state index in [0.29, 0.717) is 11.8 Å². The summed E-state index contributed by atoms with van der Waals surface area (Å²) in [5, 5.41) is 11.0. The molecule has 2 saturated carbocycles. The highest BCUT2D eigenvalue weighted by Gasteiger charge is 2.60. The van der Waals surface area contributed by atoms with Crippen molar-refractivity contribution < 1.29 is 33.5 Å². The van der Waals surface area contributed by atoms with Crippen molar-refractivity contribution in [2.45, 2.75) is 30.8 Å². The van der Waals surface area contributed by atoms with Crippen LogP contribution in [0.4, 0.5) is 0 Å². The van der Waals surface area contributed by atoms with Crippen molar-refractivity contribution in [3.63, 3.8) is 0 Å². The fourth-order valence-corrected chi connectivity index (χ4v) is 4.69. The van der Waals surface area contributed by atoms with E-state index in [1.165, 1.54) is 0 Å². The zero-order valence-corrected chi connectivity index (χ0v) is 14.5. The van der Waals surface area contributed by atoms with E-state index < -0.39 is 18.3 Å². The third-order valence-corrected chi connectivity index (χ3v) is 5.48. The third-order valence-electron chi connectivity index (χ3n) is 5.48. The van der Waals surface area contributed by atoms with E-state index in [1.807, 2.05) is 0 Å². The Morgan fingerprint density at radius 1 is 0.750 bits per heavy atom. The first-order valence-corrected chi connectivity index (χ1v) is 8.41. The van der Waals surface area contributed by atoms with Crippen molar-refractivity contribution in [1.82, 2.24) is 0 Å². The Morgan fingerprint density at radius 2 is 1.25 bits per heavy atom. The number of ether oxygens (including phenoxy) is 6. The molecule has 0 aromatic heterocycles. The molecule has 2 unspecified atom stereocenters. The summed E-state index contributed by atoms with van der Waals surface area (Å²) in [4.78, 5) is 0. The van der Waals surface area contributed by atoms with E-state index >= 15 is 0 Å². The molecule has 3 aliphatic rings. The summed E-state index contributed by atoms with van der Waals surface area (Å²) < 4.78 is 32.9. The van der Waals surface area contributed by atoms with Crippen LogP contribution in [0.2, 0.25) is 0 Å². The lowest BCUT2D eigenvalue weighted by atomic mass is 9.67. The molecule has 2 fully saturated rings. The molecule has 0 spiro atoms. The van der Waals surface area contributed by atoms with E-state index in [4.69, 9.17) is 28.4 Å². The van der Waals surface area contributed by atoms with Gasteiger partial charge in [0.2, 0.25) is 0 Å². The maximum absolute atomic E-state index is 11.0. The van der Waals surface area contributed by atoms with Gasteiger partial charge >= 0.3 is 0 Å². The van der Waals surface area contributed by atoms with Crippen molar-refractivity contribution in [2.75, 3.05) is 41.7 Å². The summed E-state index contributed by atoms with van der Waals surface area (Å²) in [6.07, 6.45) is 3.67. The average molecular weight is 344 g/mol. The molecule has 0 amide bonds. The lowest BCUT2D eigenvalue weighted by molar-refractivity contribution is -0.270. The van der Waals surface area contributed by atoms with Gasteiger partial charge in [0, 0.05) is 27.2 Å². The van der Waals surface area contributed by atoms with Gasteiger partial charge in [-0.2, -0.15) is 0 Å². The Balaban J connectivity index is 1.85. The van der Waals surface area contributed by atoms with Crippen molar-refractivity contribution in [3.8, 4) is 0 Å². The van der Waals surface area contributed by atoms with Gasteiger partial charge in [0.1, 0.15) is 32.6 Å². The van der Waals surface area contributed by atoms with Gasteiger partial charge < -0.3 is 33.5 Å². The highest BCUT2D eigenvalue weighted by atomic mass is 16.7. The molecule has 24 heavy (non-hydrogen) atoms. The predicted octanol–water partition coefficient (Wildman–Crippen LogP) is 0.766. The van der Waals surface area contributed by atoms with E-state index in [-0.39, 0.29) is 38.3 Å². The van der Waals surface area contributed by atoms with Crippen molar-refractivity contribution in [2.24, 2.45) is 23.7 Å². The summed E-state index contributed by atoms with van der Waals surface area (Å²) in [5.74, 6) is 1.05. The topological polar surface area (TPSA) is 75.6 Å². The zero-order chi connectivity index (χ0) is 17.1. The number of aliphatic hydroxyl groups is 1. The normalized spacial score (nSPS) is 43.3. The Hall–Kier alpha value is -0.540. The smallest absolute Gasteiger partial charge is 0.146 e. The van der Waals surface area contributed by atoms with Gasteiger partial charge in [-0.05, 0) is 24.2 Å². The monoisotopic (exact) mass is 344 g/mol. The number of aliphatic hydroxyl groups excluding tert-OH is 1. The molecule has 0 aromatic rings. The molecule has 7 heteroatoms. The van der Waals surface area contributed by atoms with Crippen LogP contribution in [0.3, 0.4) is 0 Å². The lowest BCUT2D eigenvalue weighted by Gasteiger charge is -2.49. The lowest BCUT2D eigenvalue weighted by Crippen LogP contribution is -2.62. The standard InChI is InChI=1S/C17H28O7/c1-19-7-22-15-13-11-5-4-10(6-11)12(13)14(18)16(23-8-20-2)17(15)24-9-21-3/h4-5,10-18H,6-9H2,1-3H3/t10-,11+,12?,13?,14-,15+,16+,17-/m0/s1. The minimum atomic E-state index is -0.630. The average Bonchev–Trinajstić information content (AvgIpc) is 3.20. The molecule has 0 aromatic carbocycles. The zero-order valence-electron chi connectivity index (χ0n) is 14.5. The molecule has 2 bridgehead atoms. The summed E-state index contributed by atoms with van der Waals surface area (Å²) in [5.41, 5.74) is 0. The van der Waals surface area contributed by atoms with Crippen LogP contribution >= 0.6 is 0 Å². The van der Waals surface area contributed by atoms with Gasteiger partial charge in [0.25, 0.3) is 0 Å². The Morgan fingerprint density at radius 3 is 1.83 bits per heavy atom. The number of methoxy groups -OCH3 is 3. The second-order valence-electron chi connectivity index (χ2n) is 6.71. The molecule has 1 N–H and O–H groups in total. The highest BCUT2D eigenvalue weighted by Crippen LogP contribution is 2.55. The van der Waals surface area contributed by atoms with Crippen LogP contribution in [0.1, 0.15) is 6.42 Å². The molecule has 3 aliphatic carbocycles. The molecule has 0 heterocycles. The Kier molecular flexibility index (Phi) is 6.26. The minimum Gasteiger partial charge on any atom is -0.390 e. The van der Waals surface area contributed by atoms with Gasteiger partial charge in [-0.3, -0.25) is 0 Å². The second kappa shape index (κ2) is 8.23. The molecule has 0 saturated heterocycles. The second-order valence-corrected chi connectivity index (χ2v) is 6.71. The summed E-state index contributed by atoms with van der Waals surface area (Å²) >= 11 is 0. The van der Waals surface area contributed by atoms with Gasteiger partial charge in [-0.1, -0.05) is 12.2 Å². The molecule has 8 atom stereocenters. The fraction of sp³-hybridized carbons (Fsp3) is 0.882. The Labute approximate surface area is 142 Å². The molecule has 3 rings (SSSR count). The van der Waals surface area contributed by atoms with Crippen molar-refractivity contribution >= 4 is 0 Å². The van der Waals surface area contributed by atoms with Crippen LogP contribution in [0, 0.1) is 23.7 Å². The van der Waals surface area contributed by atoms with Crippen LogP contribution in [-0.4, -0.2) is 71.2 Å². The van der Waals surface area contributed by atoms with Crippen LogP contribution in [0.25, 0.3) is 0 Å². The third kappa shape index (κ3) is 3.26. The first kappa shape index (κ1) is 18.3. The van der Waals surface area contributed by atoms with Crippen LogP contribution in [-0.2, 0) is 28.4 Å². The largest absolute Gasteiger partial charge is 0.390 e. The van der Waals surface area contributed by atoms with E-state index in [1.54, 1.807) is 21.3 Å². The van der Waals surface area contributed by atoms with E-state index in [0.717, 1.165) is 6.42 Å². The molecule has 138 valence electrons. The quantitative estimate of drug-likeness (QED) is 0.489. The van der Waals surface area contributed by atoms with Crippen molar-refractivity contribution in [1.29, 1.82) is 0 Å².